The summed E-state index contributed by atoms with van der Waals surface area (Å²) in [6.45, 7) is 6.60. The Balaban J connectivity index is 4.33. The zero-order valence-electron chi connectivity index (χ0n) is 41.8. The molecule has 0 aromatic heterocycles. The van der Waals surface area contributed by atoms with Crippen molar-refractivity contribution in [1.82, 2.24) is 0 Å². The minimum Gasteiger partial charge on any atom is -0.462 e. The number of rotatable bonds is 49. The van der Waals surface area contributed by atoms with Crippen molar-refractivity contribution in [2.24, 2.45) is 0 Å². The predicted octanol–water partition coefficient (Wildman–Crippen LogP) is 17.9. The smallest absolute Gasteiger partial charge is 0.306 e. The highest BCUT2D eigenvalue weighted by Gasteiger charge is 2.19. The van der Waals surface area contributed by atoms with Crippen LogP contribution >= 0.6 is 0 Å². The molecule has 0 N–H and O–H groups in total. The lowest BCUT2D eigenvalue weighted by Gasteiger charge is -2.18. The van der Waals surface area contributed by atoms with Gasteiger partial charge in [-0.15, -0.1) is 0 Å². The minimum atomic E-state index is -0.779. The number of ether oxygens (including phenoxy) is 3. The third-order valence-corrected chi connectivity index (χ3v) is 11.8. The van der Waals surface area contributed by atoms with Crippen molar-refractivity contribution in [2.45, 2.75) is 284 Å². The van der Waals surface area contributed by atoms with E-state index in [2.05, 4.69) is 69.4 Å². The van der Waals surface area contributed by atoms with Crippen LogP contribution in [0.3, 0.4) is 0 Å². The fourth-order valence-electron chi connectivity index (χ4n) is 7.68. The van der Waals surface area contributed by atoms with E-state index < -0.39 is 6.10 Å². The molecule has 0 heterocycles. The Morgan fingerprint density at radius 3 is 0.937 bits per heavy atom. The van der Waals surface area contributed by atoms with Gasteiger partial charge in [-0.2, -0.15) is 0 Å². The van der Waals surface area contributed by atoms with E-state index in [4.69, 9.17) is 14.2 Å². The van der Waals surface area contributed by atoms with Gasteiger partial charge in [0.15, 0.2) is 6.10 Å². The molecule has 0 amide bonds. The maximum absolute atomic E-state index is 12.8. The molecule has 1 unspecified atom stereocenters. The van der Waals surface area contributed by atoms with Crippen LogP contribution in [-0.4, -0.2) is 37.2 Å². The average molecular weight is 883 g/mol. The topological polar surface area (TPSA) is 78.9 Å². The molecule has 0 aliphatic heterocycles. The van der Waals surface area contributed by atoms with Crippen LogP contribution in [0, 0.1) is 0 Å². The molecule has 0 saturated carbocycles. The van der Waals surface area contributed by atoms with Gasteiger partial charge in [0.2, 0.25) is 0 Å². The zero-order chi connectivity index (χ0) is 45.8. The molecule has 0 aliphatic rings. The van der Waals surface area contributed by atoms with Crippen molar-refractivity contribution in [3.8, 4) is 0 Å². The molecule has 6 nitrogen and oxygen atoms in total. The number of allylic oxidation sites excluding steroid dienone is 8. The van der Waals surface area contributed by atoms with Crippen molar-refractivity contribution in [1.29, 1.82) is 0 Å². The molecule has 63 heavy (non-hydrogen) atoms. The average Bonchev–Trinajstić information content (AvgIpc) is 3.28. The van der Waals surface area contributed by atoms with Crippen LogP contribution < -0.4 is 0 Å². The van der Waals surface area contributed by atoms with Crippen LogP contribution in [0.5, 0.6) is 0 Å². The van der Waals surface area contributed by atoms with Gasteiger partial charge in [-0.05, 0) is 83.5 Å². The van der Waals surface area contributed by atoms with Gasteiger partial charge in [-0.25, -0.2) is 0 Å². The standard InChI is InChI=1S/C57H102O6/c1-4-7-10-13-16-19-22-25-26-27-28-29-30-31-32-33-36-38-41-44-47-50-56(59)62-53-54(63-57(60)51-48-45-42-39-35-24-21-18-15-12-9-6-3)52-61-55(58)49-46-43-40-37-34-23-20-17-14-11-8-5-2/h18,21-22,25,27-28,30-31,54H,4-17,19-20,23-24,26,29,32-53H2,1-3H3/b21-18-,25-22-,28-27-,31-30-. The van der Waals surface area contributed by atoms with Gasteiger partial charge < -0.3 is 14.2 Å². The molecular formula is C57H102O6. The molecule has 0 aromatic rings. The summed E-state index contributed by atoms with van der Waals surface area (Å²) in [5.74, 6) is -0.893. The highest BCUT2D eigenvalue weighted by Crippen LogP contribution is 2.15. The van der Waals surface area contributed by atoms with Gasteiger partial charge >= 0.3 is 17.9 Å². The maximum atomic E-state index is 12.8. The number of carbonyl (C=O) groups is 3. The first-order valence-corrected chi connectivity index (χ1v) is 27.1. The Labute approximate surface area is 390 Å². The van der Waals surface area contributed by atoms with Crippen molar-refractivity contribution in [2.75, 3.05) is 13.2 Å². The summed E-state index contributed by atoms with van der Waals surface area (Å²) in [5, 5.41) is 0. The number of hydrogen-bond donors (Lipinski definition) is 0. The molecule has 0 aliphatic carbocycles. The molecule has 0 fully saturated rings. The van der Waals surface area contributed by atoms with Crippen molar-refractivity contribution in [3.63, 3.8) is 0 Å². The summed E-state index contributed by atoms with van der Waals surface area (Å²) in [4.78, 5) is 38.0. The van der Waals surface area contributed by atoms with E-state index in [1.165, 1.54) is 148 Å². The number of unbranched alkanes of at least 4 members (excludes halogenated alkanes) is 30. The highest BCUT2D eigenvalue weighted by atomic mass is 16.6. The quantitative estimate of drug-likeness (QED) is 0.0262. The van der Waals surface area contributed by atoms with Gasteiger partial charge in [0.05, 0.1) is 0 Å². The van der Waals surface area contributed by atoms with Crippen LogP contribution in [0.2, 0.25) is 0 Å². The molecular weight excluding hydrogens is 781 g/mol. The van der Waals surface area contributed by atoms with Crippen molar-refractivity contribution in [3.05, 3.63) is 48.6 Å². The normalized spacial score (nSPS) is 12.4. The van der Waals surface area contributed by atoms with E-state index in [-0.39, 0.29) is 31.1 Å². The molecule has 6 heteroatoms. The lowest BCUT2D eigenvalue weighted by atomic mass is 10.0. The molecule has 0 aromatic carbocycles. The molecule has 366 valence electrons. The Morgan fingerprint density at radius 1 is 0.317 bits per heavy atom. The SMILES string of the molecule is CCCCC/C=C\CCCCCCCC(=O)OC(COC(=O)CCCCCCCC/C=C\C/C=C\C/C=C\CCCCCCC)COC(=O)CCCCCCCCCCCCCC. The Bertz CT molecular complexity index is 1110. The molecule has 0 bridgehead atoms. The number of carbonyl (C=O) groups excluding carboxylic acids is 3. The molecule has 1 atom stereocenters. The largest absolute Gasteiger partial charge is 0.462 e. The molecule has 0 rings (SSSR count). The summed E-state index contributed by atoms with van der Waals surface area (Å²) < 4.78 is 16.8. The predicted molar refractivity (Wildman–Crippen MR) is 270 cm³/mol. The van der Waals surface area contributed by atoms with Gasteiger partial charge in [-0.3, -0.25) is 14.4 Å². The third-order valence-electron chi connectivity index (χ3n) is 11.8. The first-order chi connectivity index (χ1) is 31.0. The van der Waals surface area contributed by atoms with Crippen molar-refractivity contribution >= 4 is 17.9 Å². The lowest BCUT2D eigenvalue weighted by molar-refractivity contribution is -0.167. The minimum absolute atomic E-state index is 0.0785. The summed E-state index contributed by atoms with van der Waals surface area (Å²) in [6.07, 6.45) is 62.4. The van der Waals surface area contributed by atoms with Gasteiger partial charge in [0, 0.05) is 19.3 Å². The summed E-state index contributed by atoms with van der Waals surface area (Å²) in [6, 6.07) is 0. The fourth-order valence-corrected chi connectivity index (χ4v) is 7.68. The van der Waals surface area contributed by atoms with Gasteiger partial charge in [0.1, 0.15) is 13.2 Å². The van der Waals surface area contributed by atoms with Crippen LogP contribution in [0.4, 0.5) is 0 Å². The highest BCUT2D eigenvalue weighted by molar-refractivity contribution is 5.71. The van der Waals surface area contributed by atoms with Crippen LogP contribution in [0.25, 0.3) is 0 Å². The van der Waals surface area contributed by atoms with Crippen LogP contribution in [-0.2, 0) is 28.6 Å². The molecule has 0 radical (unpaired) electrons. The Kier molecular flexibility index (Phi) is 49.8. The second-order valence-corrected chi connectivity index (χ2v) is 18.1. The van der Waals surface area contributed by atoms with E-state index in [0.29, 0.717) is 19.3 Å². The fraction of sp³-hybridized carbons (Fsp3) is 0.807. The van der Waals surface area contributed by atoms with E-state index in [0.717, 1.165) is 89.9 Å². The van der Waals surface area contributed by atoms with E-state index >= 15 is 0 Å². The summed E-state index contributed by atoms with van der Waals surface area (Å²) >= 11 is 0. The Morgan fingerprint density at radius 2 is 0.571 bits per heavy atom. The first-order valence-electron chi connectivity index (χ1n) is 27.1. The van der Waals surface area contributed by atoms with Gasteiger partial charge in [0.25, 0.3) is 0 Å². The van der Waals surface area contributed by atoms with E-state index in [1.54, 1.807) is 0 Å². The summed E-state index contributed by atoms with van der Waals surface area (Å²) in [5.41, 5.74) is 0. The zero-order valence-corrected chi connectivity index (χ0v) is 41.8. The number of esters is 3. The second kappa shape index (κ2) is 52.0. The number of hydrogen-bond acceptors (Lipinski definition) is 6. The molecule has 0 saturated heterocycles. The van der Waals surface area contributed by atoms with Crippen LogP contribution in [0.1, 0.15) is 278 Å². The Hall–Kier alpha value is -2.63. The second-order valence-electron chi connectivity index (χ2n) is 18.1. The third kappa shape index (κ3) is 50.2. The van der Waals surface area contributed by atoms with E-state index in [1.807, 2.05) is 0 Å². The monoisotopic (exact) mass is 883 g/mol. The first kappa shape index (κ1) is 60.4. The molecule has 0 spiro atoms. The van der Waals surface area contributed by atoms with E-state index in [9.17, 15) is 14.4 Å². The lowest BCUT2D eigenvalue weighted by Crippen LogP contribution is -2.30. The maximum Gasteiger partial charge on any atom is 0.306 e. The van der Waals surface area contributed by atoms with Gasteiger partial charge in [-0.1, -0.05) is 223 Å². The summed E-state index contributed by atoms with van der Waals surface area (Å²) in [7, 11) is 0. The van der Waals surface area contributed by atoms with Crippen molar-refractivity contribution < 1.29 is 28.6 Å². The van der Waals surface area contributed by atoms with Crippen LogP contribution in [0.15, 0.2) is 48.6 Å².